The molecule has 0 spiro atoms. The molecule has 0 bridgehead atoms. The van der Waals surface area contributed by atoms with Gasteiger partial charge in [0, 0.05) is 18.2 Å². The fraction of sp³-hybridized carbons (Fsp3) is 0.417. The first-order valence-corrected chi connectivity index (χ1v) is 5.67. The summed E-state index contributed by atoms with van der Waals surface area (Å²) in [7, 11) is 0. The van der Waals surface area contributed by atoms with Gasteiger partial charge in [-0.2, -0.15) is 4.98 Å². The summed E-state index contributed by atoms with van der Waals surface area (Å²) < 4.78 is 5.15. The summed E-state index contributed by atoms with van der Waals surface area (Å²) in [5, 5.41) is 3.92. The summed E-state index contributed by atoms with van der Waals surface area (Å²) in [6.07, 6.45) is 1.54. The van der Waals surface area contributed by atoms with Crippen LogP contribution in [0.4, 0.5) is 0 Å². The number of nitrogens with zero attached hydrogens (tertiary/aromatic N) is 3. The highest BCUT2D eigenvalue weighted by Crippen LogP contribution is 2.14. The molecule has 2 N–H and O–H groups in total. The molecule has 5 heteroatoms. The van der Waals surface area contributed by atoms with Crippen molar-refractivity contribution in [2.24, 2.45) is 5.73 Å². The molecule has 0 saturated heterocycles. The normalized spacial score (nSPS) is 12.6. The highest BCUT2D eigenvalue weighted by molar-refractivity contribution is 5.47. The second-order valence-corrected chi connectivity index (χ2v) is 4.19. The maximum atomic E-state index is 5.68. The van der Waals surface area contributed by atoms with Crippen molar-refractivity contribution in [2.75, 3.05) is 0 Å². The van der Waals surface area contributed by atoms with Crippen LogP contribution in [0.15, 0.2) is 22.7 Å². The number of hydrogen-bond acceptors (Lipinski definition) is 5. The van der Waals surface area contributed by atoms with E-state index in [0.717, 1.165) is 17.8 Å². The predicted octanol–water partition coefficient (Wildman–Crippen LogP) is 1.72. The number of rotatable bonds is 4. The summed E-state index contributed by atoms with van der Waals surface area (Å²) in [5.41, 5.74) is 7.35. The molecule has 2 aromatic rings. The van der Waals surface area contributed by atoms with Gasteiger partial charge < -0.3 is 10.3 Å². The topological polar surface area (TPSA) is 77.8 Å². The molecule has 0 aliphatic carbocycles. The second kappa shape index (κ2) is 5.05. The van der Waals surface area contributed by atoms with E-state index in [9.17, 15) is 0 Å². The minimum absolute atomic E-state index is 0.141. The lowest BCUT2D eigenvalue weighted by Gasteiger charge is -1.99. The van der Waals surface area contributed by atoms with Gasteiger partial charge in [-0.25, -0.2) is 4.98 Å². The maximum absolute atomic E-state index is 5.68. The number of pyridine rings is 1. The van der Waals surface area contributed by atoms with Gasteiger partial charge in [0.2, 0.25) is 11.7 Å². The molecule has 0 aliphatic rings. The smallest absolute Gasteiger partial charge is 0.227 e. The van der Waals surface area contributed by atoms with Gasteiger partial charge in [-0.05, 0) is 32.4 Å². The van der Waals surface area contributed by atoms with Crippen LogP contribution in [0.2, 0.25) is 0 Å². The molecule has 2 rings (SSSR count). The molecule has 90 valence electrons. The molecule has 0 fully saturated rings. The third-order valence-corrected chi connectivity index (χ3v) is 2.40. The van der Waals surface area contributed by atoms with Gasteiger partial charge in [-0.3, -0.25) is 0 Å². The Balaban J connectivity index is 2.12. The fourth-order valence-electron chi connectivity index (χ4n) is 1.48. The van der Waals surface area contributed by atoms with E-state index in [0.29, 0.717) is 18.1 Å². The highest BCUT2D eigenvalue weighted by atomic mass is 16.5. The first-order chi connectivity index (χ1) is 8.15. The van der Waals surface area contributed by atoms with Crippen LogP contribution >= 0.6 is 0 Å². The van der Waals surface area contributed by atoms with Crippen molar-refractivity contribution in [1.29, 1.82) is 0 Å². The van der Waals surface area contributed by atoms with Gasteiger partial charge in [-0.15, -0.1) is 0 Å². The van der Waals surface area contributed by atoms with Crippen molar-refractivity contribution in [1.82, 2.24) is 15.1 Å². The first kappa shape index (κ1) is 11.7. The minimum Gasteiger partial charge on any atom is -0.339 e. The van der Waals surface area contributed by atoms with Crippen molar-refractivity contribution in [3.8, 4) is 11.5 Å². The Bertz CT molecular complexity index is 493. The van der Waals surface area contributed by atoms with Gasteiger partial charge in [-0.1, -0.05) is 11.2 Å². The number of nitrogens with two attached hydrogens (primary N) is 1. The average molecular weight is 232 g/mol. The molecule has 0 radical (unpaired) electrons. The first-order valence-electron chi connectivity index (χ1n) is 5.67. The largest absolute Gasteiger partial charge is 0.339 e. The molecule has 0 aliphatic heterocycles. The van der Waals surface area contributed by atoms with E-state index in [2.05, 4.69) is 15.1 Å². The van der Waals surface area contributed by atoms with Crippen LogP contribution in [0.3, 0.4) is 0 Å². The van der Waals surface area contributed by atoms with E-state index in [1.54, 1.807) is 0 Å². The third kappa shape index (κ3) is 3.10. The summed E-state index contributed by atoms with van der Waals surface area (Å²) in [6, 6.07) is 5.87. The van der Waals surface area contributed by atoms with Gasteiger partial charge in [0.15, 0.2) is 0 Å². The van der Waals surface area contributed by atoms with E-state index >= 15 is 0 Å². The Labute approximate surface area is 100 Å². The molecule has 1 atom stereocenters. The van der Waals surface area contributed by atoms with Crippen LogP contribution in [-0.2, 0) is 6.42 Å². The van der Waals surface area contributed by atoms with Crippen LogP contribution in [0, 0.1) is 6.92 Å². The van der Waals surface area contributed by atoms with E-state index < -0.39 is 0 Å². The summed E-state index contributed by atoms with van der Waals surface area (Å²) in [6.45, 7) is 3.89. The number of hydrogen-bond donors (Lipinski definition) is 1. The zero-order chi connectivity index (χ0) is 12.3. The number of aryl methyl sites for hydroxylation is 2. The highest BCUT2D eigenvalue weighted by Gasteiger charge is 2.10. The molecule has 0 saturated carbocycles. The molecule has 2 aromatic heterocycles. The van der Waals surface area contributed by atoms with E-state index in [1.165, 1.54) is 0 Å². The Hall–Kier alpha value is -1.75. The molecular weight excluding hydrogens is 216 g/mol. The number of aromatic nitrogens is 3. The molecular formula is C12H16N4O. The molecule has 5 nitrogen and oxygen atoms in total. The van der Waals surface area contributed by atoms with Crippen LogP contribution in [0.5, 0.6) is 0 Å². The Morgan fingerprint density at radius 3 is 2.88 bits per heavy atom. The van der Waals surface area contributed by atoms with Crippen LogP contribution < -0.4 is 5.73 Å². The van der Waals surface area contributed by atoms with Gasteiger partial charge in [0.1, 0.15) is 5.69 Å². The molecule has 17 heavy (non-hydrogen) atoms. The minimum atomic E-state index is 0.141. The summed E-state index contributed by atoms with van der Waals surface area (Å²) >= 11 is 0. The molecule has 0 amide bonds. The van der Waals surface area contributed by atoms with Gasteiger partial charge in [0.05, 0.1) is 0 Å². The van der Waals surface area contributed by atoms with Crippen LogP contribution in [0.25, 0.3) is 11.5 Å². The lowest BCUT2D eigenvalue weighted by atomic mass is 10.2. The Morgan fingerprint density at radius 2 is 2.18 bits per heavy atom. The van der Waals surface area contributed by atoms with Gasteiger partial charge >= 0.3 is 0 Å². The van der Waals surface area contributed by atoms with Gasteiger partial charge in [0.25, 0.3) is 0 Å². The Morgan fingerprint density at radius 1 is 1.35 bits per heavy atom. The monoisotopic (exact) mass is 232 g/mol. The summed E-state index contributed by atoms with van der Waals surface area (Å²) in [5.74, 6) is 1.15. The molecule has 0 aromatic carbocycles. The SMILES string of the molecule is Cc1cccc(-c2noc(CCC(C)N)n2)n1. The zero-order valence-electron chi connectivity index (χ0n) is 10.1. The van der Waals surface area contributed by atoms with Crippen LogP contribution in [-0.4, -0.2) is 21.2 Å². The standard InChI is InChI=1S/C12H16N4O/c1-8(13)6-7-11-15-12(16-17-11)10-5-3-4-9(2)14-10/h3-5,8H,6-7,13H2,1-2H3. The fourth-order valence-corrected chi connectivity index (χ4v) is 1.48. The van der Waals surface area contributed by atoms with E-state index in [1.807, 2.05) is 32.0 Å². The summed E-state index contributed by atoms with van der Waals surface area (Å²) in [4.78, 5) is 8.64. The van der Waals surface area contributed by atoms with Crippen molar-refractivity contribution in [3.05, 3.63) is 29.8 Å². The van der Waals surface area contributed by atoms with E-state index in [4.69, 9.17) is 10.3 Å². The zero-order valence-corrected chi connectivity index (χ0v) is 10.1. The van der Waals surface area contributed by atoms with Crippen LogP contribution in [0.1, 0.15) is 24.9 Å². The maximum Gasteiger partial charge on any atom is 0.227 e. The average Bonchev–Trinajstić information content (AvgIpc) is 2.75. The Kier molecular flexibility index (Phi) is 3.49. The molecule has 1 unspecified atom stereocenters. The quantitative estimate of drug-likeness (QED) is 0.868. The van der Waals surface area contributed by atoms with Crippen molar-refractivity contribution >= 4 is 0 Å². The van der Waals surface area contributed by atoms with Crippen molar-refractivity contribution in [2.45, 2.75) is 32.7 Å². The lowest BCUT2D eigenvalue weighted by molar-refractivity contribution is 0.372. The molecule has 2 heterocycles. The predicted molar refractivity (Wildman–Crippen MR) is 64.2 cm³/mol. The third-order valence-electron chi connectivity index (χ3n) is 2.40. The van der Waals surface area contributed by atoms with Crippen molar-refractivity contribution in [3.63, 3.8) is 0 Å². The lowest BCUT2D eigenvalue weighted by Crippen LogP contribution is -2.15. The van der Waals surface area contributed by atoms with E-state index in [-0.39, 0.29) is 6.04 Å². The second-order valence-electron chi connectivity index (χ2n) is 4.19. The van der Waals surface area contributed by atoms with Crippen molar-refractivity contribution < 1.29 is 4.52 Å².